The van der Waals surface area contributed by atoms with Gasteiger partial charge in [0, 0.05) is 10.7 Å². The third-order valence-corrected chi connectivity index (χ3v) is 1.89. The number of nitrogens with two attached hydrogens (primary N) is 1. The molecule has 5 heteroatoms. The third-order valence-electron chi connectivity index (χ3n) is 1.40. The molecule has 0 aliphatic rings. The smallest absolute Gasteiger partial charge is 0.226 e. The van der Waals surface area contributed by atoms with Crippen LogP contribution >= 0.6 is 15.9 Å². The molecule has 0 aliphatic heterocycles. The zero-order chi connectivity index (χ0) is 7.84. The second-order valence-electron chi connectivity index (χ2n) is 2.13. The highest BCUT2D eigenvalue weighted by molar-refractivity contribution is 9.10. The summed E-state index contributed by atoms with van der Waals surface area (Å²) in [7, 11) is 0. The number of hydrogen-bond donors (Lipinski definition) is 1. The van der Waals surface area contributed by atoms with E-state index in [0.717, 1.165) is 10.1 Å². The van der Waals surface area contributed by atoms with Crippen LogP contribution in [0.5, 0.6) is 0 Å². The topological polar surface area (TPSA) is 56.2 Å². The standard InChI is InChI=1S/C6H5BrN4/c7-4-1-2-11-5(3-4)9-10-6(11)8/h1-3H,(H2,8,10). The molecular formula is C6H5BrN4. The van der Waals surface area contributed by atoms with Crippen molar-refractivity contribution in [2.45, 2.75) is 0 Å². The molecule has 0 aliphatic carbocycles. The van der Waals surface area contributed by atoms with Gasteiger partial charge in [-0.25, -0.2) is 0 Å². The van der Waals surface area contributed by atoms with Gasteiger partial charge in [-0.2, -0.15) is 0 Å². The monoisotopic (exact) mass is 212 g/mol. The Morgan fingerprint density at radius 3 is 3.09 bits per heavy atom. The fourth-order valence-corrected chi connectivity index (χ4v) is 1.21. The Labute approximate surface area is 71.2 Å². The normalized spacial score (nSPS) is 10.6. The molecule has 56 valence electrons. The van der Waals surface area contributed by atoms with Gasteiger partial charge in [0.25, 0.3) is 0 Å². The molecule has 0 saturated heterocycles. The minimum atomic E-state index is 0.410. The van der Waals surface area contributed by atoms with Gasteiger partial charge in [0.2, 0.25) is 5.95 Å². The molecule has 2 aromatic heterocycles. The lowest BCUT2D eigenvalue weighted by molar-refractivity contribution is 1.12. The van der Waals surface area contributed by atoms with E-state index in [1.54, 1.807) is 4.40 Å². The van der Waals surface area contributed by atoms with E-state index in [0.29, 0.717) is 5.95 Å². The van der Waals surface area contributed by atoms with Crippen LogP contribution in [0.1, 0.15) is 0 Å². The number of fused-ring (bicyclic) bond motifs is 1. The summed E-state index contributed by atoms with van der Waals surface area (Å²) in [6, 6.07) is 3.73. The zero-order valence-corrected chi connectivity index (χ0v) is 7.12. The molecule has 4 nitrogen and oxygen atoms in total. The van der Waals surface area contributed by atoms with Crippen molar-refractivity contribution < 1.29 is 0 Å². The van der Waals surface area contributed by atoms with E-state index in [4.69, 9.17) is 5.73 Å². The molecule has 0 amide bonds. The highest BCUT2D eigenvalue weighted by atomic mass is 79.9. The summed E-state index contributed by atoms with van der Waals surface area (Å²) >= 11 is 3.32. The number of halogens is 1. The molecule has 0 aromatic carbocycles. The zero-order valence-electron chi connectivity index (χ0n) is 5.53. The molecule has 2 N–H and O–H groups in total. The van der Waals surface area contributed by atoms with Gasteiger partial charge >= 0.3 is 0 Å². The van der Waals surface area contributed by atoms with Crippen LogP contribution in [-0.4, -0.2) is 14.6 Å². The van der Waals surface area contributed by atoms with Gasteiger partial charge in [0.15, 0.2) is 5.65 Å². The predicted octanol–water partition coefficient (Wildman–Crippen LogP) is 1.07. The average molecular weight is 213 g/mol. The van der Waals surface area contributed by atoms with E-state index in [1.165, 1.54) is 0 Å². The van der Waals surface area contributed by atoms with Crippen molar-refractivity contribution in [1.82, 2.24) is 14.6 Å². The van der Waals surface area contributed by atoms with E-state index < -0.39 is 0 Å². The Morgan fingerprint density at radius 2 is 2.27 bits per heavy atom. The fraction of sp³-hybridized carbons (Fsp3) is 0. The molecule has 0 unspecified atom stereocenters. The fourth-order valence-electron chi connectivity index (χ4n) is 0.885. The summed E-state index contributed by atoms with van der Waals surface area (Å²) in [5, 5.41) is 7.54. The van der Waals surface area contributed by atoms with Crippen molar-refractivity contribution in [1.29, 1.82) is 0 Å². The largest absolute Gasteiger partial charge is 0.368 e. The third kappa shape index (κ3) is 0.970. The van der Waals surface area contributed by atoms with E-state index in [1.807, 2.05) is 18.3 Å². The molecule has 0 bridgehead atoms. The average Bonchev–Trinajstić information content (AvgIpc) is 2.32. The molecule has 2 aromatic rings. The first-order valence-corrected chi connectivity index (χ1v) is 3.82. The molecule has 0 saturated carbocycles. The number of hydrogen-bond acceptors (Lipinski definition) is 3. The molecule has 2 rings (SSSR count). The van der Waals surface area contributed by atoms with Crippen LogP contribution in [0.3, 0.4) is 0 Å². The minimum absolute atomic E-state index is 0.410. The van der Waals surface area contributed by atoms with Gasteiger partial charge in [-0.15, -0.1) is 10.2 Å². The first-order valence-electron chi connectivity index (χ1n) is 3.03. The van der Waals surface area contributed by atoms with E-state index in [-0.39, 0.29) is 0 Å². The Bertz CT molecular complexity index is 394. The highest BCUT2D eigenvalue weighted by Gasteiger charge is 1.99. The number of rotatable bonds is 0. The number of pyridine rings is 1. The van der Waals surface area contributed by atoms with Gasteiger partial charge in [0.05, 0.1) is 0 Å². The number of nitrogen functional groups attached to an aromatic ring is 1. The molecule has 0 spiro atoms. The van der Waals surface area contributed by atoms with Crippen molar-refractivity contribution in [3.8, 4) is 0 Å². The maximum absolute atomic E-state index is 5.50. The van der Waals surface area contributed by atoms with Gasteiger partial charge in [-0.3, -0.25) is 4.40 Å². The summed E-state index contributed by atoms with van der Waals surface area (Å²) in [5.74, 6) is 0.410. The van der Waals surface area contributed by atoms with Gasteiger partial charge in [-0.05, 0) is 12.1 Å². The first-order chi connectivity index (χ1) is 5.27. The Kier molecular flexibility index (Phi) is 1.32. The quantitative estimate of drug-likeness (QED) is 0.712. The molecule has 11 heavy (non-hydrogen) atoms. The summed E-state index contributed by atoms with van der Waals surface area (Å²) < 4.78 is 2.68. The van der Waals surface area contributed by atoms with E-state index in [2.05, 4.69) is 26.1 Å². The van der Waals surface area contributed by atoms with E-state index in [9.17, 15) is 0 Å². The lowest BCUT2D eigenvalue weighted by Crippen LogP contribution is -1.92. The Hall–Kier alpha value is -1.10. The van der Waals surface area contributed by atoms with Crippen LogP contribution < -0.4 is 5.73 Å². The second kappa shape index (κ2) is 2.20. The number of anilines is 1. The van der Waals surface area contributed by atoms with Crippen molar-refractivity contribution in [3.05, 3.63) is 22.8 Å². The number of aromatic nitrogens is 3. The highest BCUT2D eigenvalue weighted by Crippen LogP contribution is 2.12. The van der Waals surface area contributed by atoms with Crippen LogP contribution in [0, 0.1) is 0 Å². The van der Waals surface area contributed by atoms with E-state index >= 15 is 0 Å². The molecule has 0 radical (unpaired) electrons. The predicted molar refractivity (Wildman–Crippen MR) is 45.1 cm³/mol. The summed E-state index contributed by atoms with van der Waals surface area (Å²) in [6.45, 7) is 0. The van der Waals surface area contributed by atoms with Crippen LogP contribution in [0.2, 0.25) is 0 Å². The number of nitrogens with zero attached hydrogens (tertiary/aromatic N) is 3. The van der Waals surface area contributed by atoms with Crippen molar-refractivity contribution in [2.24, 2.45) is 0 Å². The maximum atomic E-state index is 5.50. The molecular weight excluding hydrogens is 208 g/mol. The summed E-state index contributed by atoms with van der Waals surface area (Å²) in [4.78, 5) is 0. The minimum Gasteiger partial charge on any atom is -0.368 e. The van der Waals surface area contributed by atoms with Crippen molar-refractivity contribution in [2.75, 3.05) is 5.73 Å². The van der Waals surface area contributed by atoms with Crippen LogP contribution in [-0.2, 0) is 0 Å². The van der Waals surface area contributed by atoms with Gasteiger partial charge in [0.1, 0.15) is 0 Å². The first kappa shape index (κ1) is 6.60. The summed E-state index contributed by atoms with van der Waals surface area (Å²) in [5.41, 5.74) is 6.25. The van der Waals surface area contributed by atoms with Crippen molar-refractivity contribution >= 4 is 27.5 Å². The van der Waals surface area contributed by atoms with Crippen LogP contribution in [0.25, 0.3) is 5.65 Å². The summed E-state index contributed by atoms with van der Waals surface area (Å²) in [6.07, 6.45) is 1.81. The SMILES string of the molecule is Nc1nnc2cc(Br)ccn12. The second-order valence-corrected chi connectivity index (χ2v) is 3.05. The molecule has 2 heterocycles. The Balaban J connectivity index is 2.86. The van der Waals surface area contributed by atoms with Crippen LogP contribution in [0.15, 0.2) is 22.8 Å². The molecule has 0 fully saturated rings. The van der Waals surface area contributed by atoms with Gasteiger partial charge in [-0.1, -0.05) is 15.9 Å². The van der Waals surface area contributed by atoms with Gasteiger partial charge < -0.3 is 5.73 Å². The lowest BCUT2D eigenvalue weighted by Gasteiger charge is -1.92. The lowest BCUT2D eigenvalue weighted by atomic mass is 10.5. The Morgan fingerprint density at radius 1 is 1.45 bits per heavy atom. The van der Waals surface area contributed by atoms with Crippen LogP contribution in [0.4, 0.5) is 5.95 Å². The molecule has 0 atom stereocenters. The maximum Gasteiger partial charge on any atom is 0.226 e. The van der Waals surface area contributed by atoms with Crippen molar-refractivity contribution in [3.63, 3.8) is 0 Å².